The molecule has 0 spiro atoms. The Bertz CT molecular complexity index is 993. The smallest absolute Gasteiger partial charge is 0.127 e. The van der Waals surface area contributed by atoms with Crippen molar-refractivity contribution < 1.29 is 9.47 Å². The summed E-state index contributed by atoms with van der Waals surface area (Å²) < 4.78 is 11.7. The van der Waals surface area contributed by atoms with E-state index in [1.807, 2.05) is 67.6 Å². The fourth-order valence-corrected chi connectivity index (χ4v) is 2.75. The topological polar surface area (TPSA) is 18.5 Å². The molecule has 0 saturated carbocycles. The lowest BCUT2D eigenvalue weighted by molar-refractivity contribution is 0.444. The summed E-state index contributed by atoms with van der Waals surface area (Å²) in [6, 6.07) is 24.0. The summed E-state index contributed by atoms with van der Waals surface area (Å²) in [4.78, 5) is 0. The minimum atomic E-state index is 0.679. The molecule has 0 aliphatic rings. The van der Waals surface area contributed by atoms with Crippen LogP contribution in [0.5, 0.6) is 17.2 Å². The monoisotopic (exact) mass is 368 g/mol. The maximum Gasteiger partial charge on any atom is 0.127 e. The highest BCUT2D eigenvalue weighted by Crippen LogP contribution is 2.28. The second kappa shape index (κ2) is 8.92. The van der Waals surface area contributed by atoms with E-state index in [-0.39, 0.29) is 0 Å². The zero-order chi connectivity index (χ0) is 19.9. The Labute approximate surface area is 167 Å². The van der Waals surface area contributed by atoms with Gasteiger partial charge in [0, 0.05) is 0 Å². The van der Waals surface area contributed by atoms with Crippen LogP contribution in [0.1, 0.15) is 12.5 Å². The van der Waals surface area contributed by atoms with Gasteiger partial charge in [-0.05, 0) is 79.1 Å². The molecular formula is C26H24O2. The van der Waals surface area contributed by atoms with Crippen molar-refractivity contribution in [2.45, 2.75) is 13.8 Å². The number of hydrogen-bond donors (Lipinski definition) is 0. The maximum absolute atomic E-state index is 5.91. The summed E-state index contributed by atoms with van der Waals surface area (Å²) in [6.45, 7) is 11.6. The van der Waals surface area contributed by atoms with E-state index in [1.165, 1.54) is 5.56 Å². The second-order valence-electron chi connectivity index (χ2n) is 6.67. The predicted octanol–water partition coefficient (Wildman–Crippen LogP) is 7.48. The molecule has 0 unspecified atom stereocenters. The van der Waals surface area contributed by atoms with Crippen LogP contribution in [0.25, 0.3) is 11.1 Å². The van der Waals surface area contributed by atoms with Gasteiger partial charge < -0.3 is 9.47 Å². The lowest BCUT2D eigenvalue weighted by Crippen LogP contribution is -1.92. The minimum Gasteiger partial charge on any atom is -0.457 e. The number of benzene rings is 3. The van der Waals surface area contributed by atoms with E-state index < -0.39 is 0 Å². The highest BCUT2D eigenvalue weighted by atomic mass is 16.5. The zero-order valence-corrected chi connectivity index (χ0v) is 16.3. The molecule has 0 bridgehead atoms. The molecule has 0 fully saturated rings. The van der Waals surface area contributed by atoms with E-state index in [2.05, 4.69) is 38.3 Å². The van der Waals surface area contributed by atoms with Crippen LogP contribution in [0.4, 0.5) is 0 Å². The van der Waals surface area contributed by atoms with E-state index in [0.717, 1.165) is 33.9 Å². The highest BCUT2D eigenvalue weighted by Gasteiger charge is 2.03. The van der Waals surface area contributed by atoms with E-state index in [1.54, 1.807) is 6.08 Å². The Kier molecular flexibility index (Phi) is 6.13. The molecular weight excluding hydrogens is 344 g/mol. The molecule has 3 aromatic carbocycles. The lowest BCUT2D eigenvalue weighted by Gasteiger charge is -2.09. The molecule has 0 atom stereocenters. The number of ether oxygens (including phenoxy) is 2. The Morgan fingerprint density at radius 2 is 1.43 bits per heavy atom. The molecule has 0 N–H and O–H groups in total. The Hall–Kier alpha value is -3.52. The highest BCUT2D eigenvalue weighted by molar-refractivity contribution is 5.65. The molecule has 28 heavy (non-hydrogen) atoms. The van der Waals surface area contributed by atoms with Gasteiger partial charge in [-0.15, -0.1) is 0 Å². The predicted molar refractivity (Wildman–Crippen MR) is 117 cm³/mol. The second-order valence-corrected chi connectivity index (χ2v) is 6.67. The molecule has 3 rings (SSSR count). The van der Waals surface area contributed by atoms with Crippen molar-refractivity contribution >= 4 is 0 Å². The molecule has 140 valence electrons. The quantitative estimate of drug-likeness (QED) is 0.318. The minimum absolute atomic E-state index is 0.679. The van der Waals surface area contributed by atoms with E-state index in [4.69, 9.17) is 9.47 Å². The average molecular weight is 368 g/mol. The van der Waals surface area contributed by atoms with Crippen LogP contribution in [0, 0.1) is 6.92 Å². The van der Waals surface area contributed by atoms with Gasteiger partial charge in [0.05, 0.1) is 0 Å². The van der Waals surface area contributed by atoms with Gasteiger partial charge in [0.1, 0.15) is 23.0 Å². The molecule has 0 saturated heterocycles. The third-order valence-electron chi connectivity index (χ3n) is 4.09. The average Bonchev–Trinajstić information content (AvgIpc) is 2.68. The van der Waals surface area contributed by atoms with Crippen LogP contribution in [0.2, 0.25) is 0 Å². The Morgan fingerprint density at radius 1 is 0.821 bits per heavy atom. The van der Waals surface area contributed by atoms with Gasteiger partial charge in [0.25, 0.3) is 0 Å². The summed E-state index contributed by atoms with van der Waals surface area (Å²) in [7, 11) is 0. The third kappa shape index (κ3) is 5.24. The summed E-state index contributed by atoms with van der Waals surface area (Å²) in [5, 5.41) is 0. The molecule has 0 aromatic heterocycles. The largest absolute Gasteiger partial charge is 0.457 e. The number of aryl methyl sites for hydroxylation is 1. The lowest BCUT2D eigenvalue weighted by atomic mass is 10.1. The van der Waals surface area contributed by atoms with E-state index in [0.29, 0.717) is 5.76 Å². The van der Waals surface area contributed by atoms with Crippen molar-refractivity contribution in [1.29, 1.82) is 0 Å². The van der Waals surface area contributed by atoms with Crippen molar-refractivity contribution in [2.75, 3.05) is 0 Å². The number of hydrogen-bond acceptors (Lipinski definition) is 2. The van der Waals surface area contributed by atoms with Crippen molar-refractivity contribution in [3.63, 3.8) is 0 Å². The molecule has 0 radical (unpaired) electrons. The van der Waals surface area contributed by atoms with Gasteiger partial charge in [0.2, 0.25) is 0 Å². The molecule has 3 aromatic rings. The molecule has 2 heteroatoms. The van der Waals surface area contributed by atoms with Gasteiger partial charge in [-0.1, -0.05) is 55.1 Å². The summed E-state index contributed by atoms with van der Waals surface area (Å²) >= 11 is 0. The standard InChI is InChI=1S/C26H24O2/c1-5-23(17-19(2)3)27-24-13-9-21(10-14-24)22-11-15-25(16-12-22)28-26-8-6-7-20(4)18-26/h5-18H,1-2H2,3-4H3/b23-17+. The Morgan fingerprint density at radius 3 is 1.96 bits per heavy atom. The van der Waals surface area contributed by atoms with Crippen molar-refractivity contribution in [3.8, 4) is 28.4 Å². The number of allylic oxidation sites excluding steroid dienone is 3. The van der Waals surface area contributed by atoms with Crippen LogP contribution in [0.3, 0.4) is 0 Å². The molecule has 0 aliphatic carbocycles. The third-order valence-corrected chi connectivity index (χ3v) is 4.09. The van der Waals surface area contributed by atoms with Crippen LogP contribution < -0.4 is 9.47 Å². The SMILES string of the molecule is C=C/C(=C\C(=C)C)Oc1ccc(-c2ccc(Oc3cccc(C)c3)cc2)cc1. The van der Waals surface area contributed by atoms with Crippen molar-refractivity contribution in [3.05, 3.63) is 115 Å². The molecule has 0 amide bonds. The summed E-state index contributed by atoms with van der Waals surface area (Å²) in [6.07, 6.45) is 3.53. The first-order chi connectivity index (χ1) is 13.5. The van der Waals surface area contributed by atoms with Crippen LogP contribution in [-0.2, 0) is 0 Å². The van der Waals surface area contributed by atoms with Crippen LogP contribution >= 0.6 is 0 Å². The molecule has 2 nitrogen and oxygen atoms in total. The van der Waals surface area contributed by atoms with Crippen LogP contribution in [-0.4, -0.2) is 0 Å². The van der Waals surface area contributed by atoms with Crippen molar-refractivity contribution in [2.24, 2.45) is 0 Å². The first-order valence-corrected chi connectivity index (χ1v) is 9.16. The fourth-order valence-electron chi connectivity index (χ4n) is 2.75. The normalized spacial score (nSPS) is 11.0. The zero-order valence-electron chi connectivity index (χ0n) is 16.3. The molecule has 0 heterocycles. The summed E-state index contributed by atoms with van der Waals surface area (Å²) in [5.74, 6) is 3.10. The van der Waals surface area contributed by atoms with Gasteiger partial charge in [-0.25, -0.2) is 0 Å². The van der Waals surface area contributed by atoms with Crippen molar-refractivity contribution in [1.82, 2.24) is 0 Å². The van der Waals surface area contributed by atoms with Gasteiger partial charge in [-0.3, -0.25) is 0 Å². The van der Waals surface area contributed by atoms with Crippen LogP contribution in [0.15, 0.2) is 109 Å². The van der Waals surface area contributed by atoms with E-state index >= 15 is 0 Å². The Balaban J connectivity index is 1.70. The number of rotatable bonds is 7. The van der Waals surface area contributed by atoms with Gasteiger partial charge >= 0.3 is 0 Å². The molecule has 0 aliphatic heterocycles. The first kappa shape index (κ1) is 19.2. The summed E-state index contributed by atoms with van der Waals surface area (Å²) in [5.41, 5.74) is 4.32. The maximum atomic E-state index is 5.91. The van der Waals surface area contributed by atoms with Gasteiger partial charge in [-0.2, -0.15) is 0 Å². The van der Waals surface area contributed by atoms with E-state index in [9.17, 15) is 0 Å². The fraction of sp³-hybridized carbons (Fsp3) is 0.0769. The van der Waals surface area contributed by atoms with Gasteiger partial charge in [0.15, 0.2) is 0 Å². The first-order valence-electron chi connectivity index (χ1n) is 9.16.